The molecule has 2 fully saturated rings. The fourth-order valence-corrected chi connectivity index (χ4v) is 3.70. The third kappa shape index (κ3) is 4.87. The molecule has 4 N–H and O–H groups in total. The van der Waals surface area contributed by atoms with Crippen LogP contribution in [0, 0.1) is 11.8 Å². The molecule has 2 aliphatic rings. The van der Waals surface area contributed by atoms with Gasteiger partial charge in [-0.15, -0.1) is 0 Å². The molecule has 2 amide bonds. The summed E-state index contributed by atoms with van der Waals surface area (Å²) in [5.41, 5.74) is 5.78. The normalized spacial score (nSPS) is 23.4. The highest BCUT2D eigenvalue weighted by Gasteiger charge is 2.30. The van der Waals surface area contributed by atoms with Crippen molar-refractivity contribution in [3.8, 4) is 0 Å². The molecule has 1 aromatic heterocycles. The number of rotatable bonds is 7. The molecule has 8 nitrogen and oxygen atoms in total. The van der Waals surface area contributed by atoms with E-state index in [4.69, 9.17) is 5.73 Å². The Morgan fingerprint density at radius 3 is 2.41 bits per heavy atom. The number of nitrogens with zero attached hydrogens (tertiary/aromatic N) is 3. The number of nitrogens with one attached hydrogen (secondary N) is 2. The Balaban J connectivity index is 1.63. The summed E-state index contributed by atoms with van der Waals surface area (Å²) in [5, 5.41) is 6.68. The van der Waals surface area contributed by atoms with Crippen LogP contribution < -0.4 is 16.4 Å². The van der Waals surface area contributed by atoms with Crippen LogP contribution in [0.15, 0.2) is 6.20 Å². The summed E-state index contributed by atoms with van der Waals surface area (Å²) in [6, 6.07) is 0.475. The second-order valence-electron chi connectivity index (χ2n) is 8.02. The zero-order valence-electron chi connectivity index (χ0n) is 16.4. The van der Waals surface area contributed by atoms with Gasteiger partial charge in [0.05, 0.1) is 5.56 Å². The predicted molar refractivity (Wildman–Crippen MR) is 104 cm³/mol. The average molecular weight is 374 g/mol. The Hall–Kier alpha value is -2.38. The number of amides is 2. The second kappa shape index (κ2) is 8.10. The maximum atomic E-state index is 12.1. The number of carbonyl (C=O) groups excluding carboxylic acids is 2. The third-order valence-corrected chi connectivity index (χ3v) is 5.60. The zero-order chi connectivity index (χ0) is 19.6. The molecule has 8 heteroatoms. The Labute approximate surface area is 160 Å². The lowest BCUT2D eigenvalue weighted by atomic mass is 9.85. The molecular weight excluding hydrogens is 344 g/mol. The largest absolute Gasteiger partial charge is 0.367 e. The minimum atomic E-state index is -0.533. The first-order chi connectivity index (χ1) is 12.8. The average Bonchev–Trinajstić information content (AvgIpc) is 3.47. The molecule has 1 heterocycles. The van der Waals surface area contributed by atoms with E-state index >= 15 is 0 Å². The highest BCUT2D eigenvalue weighted by Crippen LogP contribution is 2.34. The first-order valence-electron chi connectivity index (χ1n) is 9.76. The molecular formula is C19H30N6O2. The van der Waals surface area contributed by atoms with Crippen molar-refractivity contribution in [1.82, 2.24) is 14.9 Å². The number of hydrogen-bond acceptors (Lipinski definition) is 6. The Kier molecular flexibility index (Phi) is 5.82. The van der Waals surface area contributed by atoms with E-state index in [-0.39, 0.29) is 23.9 Å². The van der Waals surface area contributed by atoms with Gasteiger partial charge in [0.2, 0.25) is 11.9 Å². The summed E-state index contributed by atoms with van der Waals surface area (Å²) in [7, 11) is 3.61. The van der Waals surface area contributed by atoms with E-state index in [2.05, 4.69) is 27.5 Å². The van der Waals surface area contributed by atoms with Crippen molar-refractivity contribution in [3.05, 3.63) is 11.8 Å². The van der Waals surface area contributed by atoms with Crippen LogP contribution in [-0.2, 0) is 4.79 Å². The summed E-state index contributed by atoms with van der Waals surface area (Å²) < 4.78 is 0. The van der Waals surface area contributed by atoms with E-state index < -0.39 is 5.91 Å². The minimum Gasteiger partial charge on any atom is -0.367 e. The van der Waals surface area contributed by atoms with Crippen LogP contribution in [0.1, 0.15) is 55.8 Å². The van der Waals surface area contributed by atoms with Gasteiger partial charge in [-0.3, -0.25) is 9.59 Å². The standard InChI is InChI=1S/C19H30N6O2/c1-11(12-4-5-12)22-17-15(16(20)26)10-21-19(24-17)23-14-8-6-13(7-9-14)18(27)25(2)3/h10-14H,4-9H2,1-3H3,(H2,20,26)(H2,21,22,23,24)/t11-,13?,14?/m1/s1. The molecule has 0 saturated heterocycles. The maximum absolute atomic E-state index is 12.1. The lowest BCUT2D eigenvalue weighted by Gasteiger charge is -2.30. The van der Waals surface area contributed by atoms with E-state index in [0.717, 1.165) is 25.7 Å². The van der Waals surface area contributed by atoms with Gasteiger partial charge in [0, 0.05) is 38.3 Å². The highest BCUT2D eigenvalue weighted by molar-refractivity contribution is 5.97. The molecule has 148 valence electrons. The van der Waals surface area contributed by atoms with Crippen molar-refractivity contribution in [3.63, 3.8) is 0 Å². The second-order valence-corrected chi connectivity index (χ2v) is 8.02. The molecule has 0 unspecified atom stereocenters. The Morgan fingerprint density at radius 1 is 1.19 bits per heavy atom. The van der Waals surface area contributed by atoms with Crippen LogP contribution >= 0.6 is 0 Å². The van der Waals surface area contributed by atoms with Gasteiger partial charge in [-0.05, 0) is 51.4 Å². The van der Waals surface area contributed by atoms with E-state index in [0.29, 0.717) is 23.2 Å². The molecule has 0 aliphatic heterocycles. The summed E-state index contributed by atoms with van der Waals surface area (Å²) in [5.74, 6) is 1.39. The number of aromatic nitrogens is 2. The van der Waals surface area contributed by atoms with Crippen molar-refractivity contribution in [2.45, 2.75) is 57.5 Å². The molecule has 1 atom stereocenters. The topological polar surface area (TPSA) is 113 Å². The number of hydrogen-bond donors (Lipinski definition) is 3. The first-order valence-corrected chi connectivity index (χ1v) is 9.76. The predicted octanol–water partition coefficient (Wildman–Crippen LogP) is 1.84. The lowest BCUT2D eigenvalue weighted by molar-refractivity contribution is -0.133. The van der Waals surface area contributed by atoms with Crippen molar-refractivity contribution in [1.29, 1.82) is 0 Å². The fraction of sp³-hybridized carbons (Fsp3) is 0.684. The Bertz CT molecular complexity index is 695. The first kappa shape index (κ1) is 19.4. The Morgan fingerprint density at radius 2 is 1.85 bits per heavy atom. The van der Waals surface area contributed by atoms with Gasteiger partial charge in [0.1, 0.15) is 5.82 Å². The van der Waals surface area contributed by atoms with E-state index in [9.17, 15) is 9.59 Å². The molecule has 27 heavy (non-hydrogen) atoms. The monoisotopic (exact) mass is 374 g/mol. The van der Waals surface area contributed by atoms with Crippen LogP contribution in [0.25, 0.3) is 0 Å². The van der Waals surface area contributed by atoms with Crippen molar-refractivity contribution < 1.29 is 9.59 Å². The van der Waals surface area contributed by atoms with Crippen LogP contribution in [-0.4, -0.2) is 52.9 Å². The number of nitrogens with two attached hydrogens (primary N) is 1. The molecule has 2 saturated carbocycles. The van der Waals surface area contributed by atoms with Crippen LogP contribution in [0.3, 0.4) is 0 Å². The van der Waals surface area contributed by atoms with E-state index in [1.165, 1.54) is 19.0 Å². The lowest BCUT2D eigenvalue weighted by Crippen LogP contribution is -2.35. The van der Waals surface area contributed by atoms with E-state index in [1.54, 1.807) is 19.0 Å². The SMILES string of the molecule is C[C@@H](Nc1nc(NC2CCC(C(=O)N(C)C)CC2)ncc1C(N)=O)C1CC1. The molecule has 1 aromatic rings. The van der Waals surface area contributed by atoms with Crippen LogP contribution in [0.5, 0.6) is 0 Å². The molecule has 0 aromatic carbocycles. The smallest absolute Gasteiger partial charge is 0.254 e. The quantitative estimate of drug-likeness (QED) is 0.671. The van der Waals surface area contributed by atoms with E-state index in [1.807, 2.05) is 0 Å². The van der Waals surface area contributed by atoms with Gasteiger partial charge < -0.3 is 21.3 Å². The highest BCUT2D eigenvalue weighted by atomic mass is 16.2. The zero-order valence-corrected chi connectivity index (χ0v) is 16.4. The van der Waals surface area contributed by atoms with Crippen LogP contribution in [0.2, 0.25) is 0 Å². The summed E-state index contributed by atoms with van der Waals surface area (Å²) in [4.78, 5) is 34.2. The summed E-state index contributed by atoms with van der Waals surface area (Å²) in [6.07, 6.45) is 7.39. The summed E-state index contributed by atoms with van der Waals surface area (Å²) >= 11 is 0. The third-order valence-electron chi connectivity index (χ3n) is 5.60. The number of primary amides is 1. The summed E-state index contributed by atoms with van der Waals surface area (Å²) in [6.45, 7) is 2.10. The van der Waals surface area contributed by atoms with Gasteiger partial charge in [-0.2, -0.15) is 4.98 Å². The van der Waals surface area contributed by atoms with Crippen molar-refractivity contribution in [2.24, 2.45) is 17.6 Å². The number of anilines is 2. The van der Waals surface area contributed by atoms with Crippen molar-refractivity contribution in [2.75, 3.05) is 24.7 Å². The van der Waals surface area contributed by atoms with Gasteiger partial charge in [0.25, 0.3) is 5.91 Å². The van der Waals surface area contributed by atoms with Crippen LogP contribution in [0.4, 0.5) is 11.8 Å². The van der Waals surface area contributed by atoms with Crippen molar-refractivity contribution >= 4 is 23.6 Å². The van der Waals surface area contributed by atoms with Gasteiger partial charge in [-0.25, -0.2) is 4.98 Å². The molecule has 0 radical (unpaired) electrons. The molecule has 2 aliphatic carbocycles. The minimum absolute atomic E-state index is 0.104. The van der Waals surface area contributed by atoms with Gasteiger partial charge in [0.15, 0.2) is 0 Å². The van der Waals surface area contributed by atoms with Gasteiger partial charge >= 0.3 is 0 Å². The molecule has 3 rings (SSSR count). The maximum Gasteiger partial charge on any atom is 0.254 e. The number of carbonyl (C=O) groups is 2. The van der Waals surface area contributed by atoms with Gasteiger partial charge in [-0.1, -0.05) is 0 Å². The molecule has 0 bridgehead atoms. The fourth-order valence-electron chi connectivity index (χ4n) is 3.70. The molecule has 0 spiro atoms.